The van der Waals surface area contributed by atoms with Crippen LogP contribution in [0.25, 0.3) is 0 Å². The number of hydrogen-bond donors (Lipinski definition) is 0. The molecule has 0 rings (SSSR count). The van der Waals surface area contributed by atoms with E-state index in [9.17, 15) is 9.36 Å². The molecule has 0 heterocycles. The number of ketones is 1. The van der Waals surface area contributed by atoms with E-state index in [1.807, 2.05) is 0 Å². The van der Waals surface area contributed by atoms with Crippen LogP contribution in [0.4, 0.5) is 0 Å². The highest BCUT2D eigenvalue weighted by atomic mass is 31.2. The maximum atomic E-state index is 11.6. The largest absolute Gasteiger partial charge is 0.337 e. The van der Waals surface area contributed by atoms with E-state index in [1.165, 1.54) is 14.2 Å². The average Bonchev–Trinajstić information content (AvgIpc) is 2.24. The number of unbranched alkanes of at least 4 members (excludes halogenated alkanes) is 2. The third kappa shape index (κ3) is 6.46. The number of Topliss-reactive ketones (excluding diaryl/α,β-unsaturated/α-hetero) is 1. The molecule has 4 nitrogen and oxygen atoms in total. The Labute approximate surface area is 90.9 Å². The Balaban J connectivity index is 3.84. The van der Waals surface area contributed by atoms with Gasteiger partial charge in [0, 0.05) is 27.1 Å². The Morgan fingerprint density at radius 1 is 1.33 bits per heavy atom. The van der Waals surface area contributed by atoms with E-state index in [-0.39, 0.29) is 11.9 Å². The van der Waals surface area contributed by atoms with E-state index >= 15 is 0 Å². The van der Waals surface area contributed by atoms with Crippen LogP contribution < -0.4 is 0 Å². The molecule has 0 aromatic heterocycles. The second-order valence-electron chi connectivity index (χ2n) is 3.08. The molecule has 0 amide bonds. The Morgan fingerprint density at radius 3 is 2.40 bits per heavy atom. The van der Waals surface area contributed by atoms with Crippen molar-refractivity contribution in [3.8, 4) is 12.3 Å². The van der Waals surface area contributed by atoms with Crippen LogP contribution in [0.1, 0.15) is 25.7 Å². The Hall–Kier alpha value is -0.620. The van der Waals surface area contributed by atoms with Gasteiger partial charge in [-0.2, -0.15) is 0 Å². The number of carbonyl (C=O) groups is 1. The van der Waals surface area contributed by atoms with Crippen molar-refractivity contribution in [2.75, 3.05) is 20.4 Å². The van der Waals surface area contributed by atoms with Gasteiger partial charge in [0.2, 0.25) is 0 Å². The average molecular weight is 232 g/mol. The molecule has 0 bridgehead atoms. The predicted molar refractivity (Wildman–Crippen MR) is 58.8 cm³/mol. The summed E-state index contributed by atoms with van der Waals surface area (Å²) >= 11 is 0. The highest BCUT2D eigenvalue weighted by Crippen LogP contribution is 2.46. The fourth-order valence-electron chi connectivity index (χ4n) is 1.05. The number of rotatable bonds is 8. The lowest BCUT2D eigenvalue weighted by molar-refractivity contribution is -0.117. The summed E-state index contributed by atoms with van der Waals surface area (Å²) in [7, 11) is -0.635. The molecule has 0 aromatic rings. The van der Waals surface area contributed by atoms with E-state index in [4.69, 9.17) is 6.42 Å². The topological polar surface area (TPSA) is 52.6 Å². The first kappa shape index (κ1) is 14.4. The van der Waals surface area contributed by atoms with Gasteiger partial charge < -0.3 is 9.05 Å². The molecule has 0 N–H and O–H groups in total. The molecule has 0 aliphatic rings. The number of carbonyl (C=O) groups excluding carboxylic acids is 1. The van der Waals surface area contributed by atoms with Crippen LogP contribution in [0.15, 0.2) is 0 Å². The minimum Gasteiger partial charge on any atom is -0.312 e. The molecular formula is C10H17O4P. The third-order valence-electron chi connectivity index (χ3n) is 1.95. The van der Waals surface area contributed by atoms with Gasteiger partial charge in [-0.25, -0.2) is 0 Å². The number of hydrogen-bond acceptors (Lipinski definition) is 4. The van der Waals surface area contributed by atoms with Crippen LogP contribution in [0.5, 0.6) is 0 Å². The summed E-state index contributed by atoms with van der Waals surface area (Å²) in [6.07, 6.45) is 7.48. The lowest BCUT2D eigenvalue weighted by atomic mass is 10.1. The fourth-order valence-corrected chi connectivity index (χ4v) is 2.05. The molecule has 0 aromatic carbocycles. The van der Waals surface area contributed by atoms with Gasteiger partial charge in [-0.05, 0) is 12.8 Å². The zero-order chi connectivity index (χ0) is 11.7. The maximum Gasteiger partial charge on any atom is 0.337 e. The van der Waals surface area contributed by atoms with Crippen LogP contribution in [0, 0.1) is 12.3 Å². The van der Waals surface area contributed by atoms with Gasteiger partial charge in [0.15, 0.2) is 0 Å². The van der Waals surface area contributed by atoms with Crippen molar-refractivity contribution in [1.29, 1.82) is 0 Å². The standard InChI is InChI=1S/C10H17O4P/c1-4-5-6-7-8-10(11)9-15(12,13-2)14-3/h1H,5-9H2,2-3H3. The first-order valence-corrected chi connectivity index (χ1v) is 6.46. The molecule has 0 radical (unpaired) electrons. The fraction of sp³-hybridized carbons (Fsp3) is 0.700. The molecular weight excluding hydrogens is 215 g/mol. The summed E-state index contributed by atoms with van der Waals surface area (Å²) < 4.78 is 20.9. The van der Waals surface area contributed by atoms with Gasteiger partial charge >= 0.3 is 7.60 Å². The lowest BCUT2D eigenvalue weighted by Gasteiger charge is -2.12. The molecule has 0 fully saturated rings. The first-order chi connectivity index (χ1) is 7.08. The van der Waals surface area contributed by atoms with E-state index < -0.39 is 7.60 Å². The van der Waals surface area contributed by atoms with Gasteiger partial charge in [0.1, 0.15) is 11.9 Å². The van der Waals surface area contributed by atoms with Crippen molar-refractivity contribution < 1.29 is 18.4 Å². The second-order valence-corrected chi connectivity index (χ2v) is 5.35. The highest BCUT2D eigenvalue weighted by molar-refractivity contribution is 7.54. The molecule has 86 valence electrons. The van der Waals surface area contributed by atoms with Crippen molar-refractivity contribution in [1.82, 2.24) is 0 Å². The molecule has 0 saturated carbocycles. The van der Waals surface area contributed by atoms with Crippen LogP contribution in [-0.2, 0) is 18.4 Å². The van der Waals surface area contributed by atoms with Gasteiger partial charge in [-0.15, -0.1) is 12.3 Å². The van der Waals surface area contributed by atoms with E-state index in [0.717, 1.165) is 12.8 Å². The first-order valence-electron chi connectivity index (χ1n) is 4.73. The van der Waals surface area contributed by atoms with Crippen molar-refractivity contribution in [3.63, 3.8) is 0 Å². The van der Waals surface area contributed by atoms with Gasteiger partial charge in [0.05, 0.1) is 0 Å². The zero-order valence-corrected chi connectivity index (χ0v) is 10.1. The molecule has 0 atom stereocenters. The van der Waals surface area contributed by atoms with Crippen molar-refractivity contribution in [3.05, 3.63) is 0 Å². The molecule has 5 heteroatoms. The summed E-state index contributed by atoms with van der Waals surface area (Å²) in [5.41, 5.74) is 0. The van der Waals surface area contributed by atoms with Crippen LogP contribution in [0.3, 0.4) is 0 Å². The van der Waals surface area contributed by atoms with E-state index in [2.05, 4.69) is 15.0 Å². The van der Waals surface area contributed by atoms with Crippen LogP contribution >= 0.6 is 7.60 Å². The molecule has 0 unspecified atom stereocenters. The highest BCUT2D eigenvalue weighted by Gasteiger charge is 2.24. The molecule has 0 spiro atoms. The summed E-state index contributed by atoms with van der Waals surface area (Å²) in [4.78, 5) is 11.4. The van der Waals surface area contributed by atoms with Crippen LogP contribution in [-0.4, -0.2) is 26.2 Å². The summed E-state index contributed by atoms with van der Waals surface area (Å²) in [5, 5.41) is 0. The van der Waals surface area contributed by atoms with Gasteiger partial charge in [-0.3, -0.25) is 9.36 Å². The molecule has 0 aliphatic heterocycles. The van der Waals surface area contributed by atoms with Crippen molar-refractivity contribution in [2.45, 2.75) is 25.7 Å². The quantitative estimate of drug-likeness (QED) is 0.366. The summed E-state index contributed by atoms with van der Waals surface area (Å²) in [6.45, 7) is 0. The minimum atomic E-state index is -3.18. The summed E-state index contributed by atoms with van der Waals surface area (Å²) in [5.74, 6) is 2.38. The normalized spacial score (nSPS) is 11.0. The third-order valence-corrected chi connectivity index (χ3v) is 3.81. The Morgan fingerprint density at radius 2 is 1.93 bits per heavy atom. The van der Waals surface area contributed by atoms with Gasteiger partial charge in [0.25, 0.3) is 0 Å². The Kier molecular flexibility index (Phi) is 7.33. The molecule has 0 aliphatic carbocycles. The summed E-state index contributed by atoms with van der Waals surface area (Å²) in [6, 6.07) is 0. The predicted octanol–water partition coefficient (Wildman–Crippen LogP) is 2.24. The van der Waals surface area contributed by atoms with E-state index in [0.29, 0.717) is 12.8 Å². The zero-order valence-electron chi connectivity index (χ0n) is 9.19. The smallest absolute Gasteiger partial charge is 0.312 e. The second kappa shape index (κ2) is 7.64. The SMILES string of the molecule is C#CCCCCC(=O)CP(=O)(OC)OC. The van der Waals surface area contributed by atoms with Crippen molar-refractivity contribution in [2.24, 2.45) is 0 Å². The minimum absolute atomic E-state index is 0.112. The van der Waals surface area contributed by atoms with Crippen molar-refractivity contribution >= 4 is 13.4 Å². The maximum absolute atomic E-state index is 11.6. The van der Waals surface area contributed by atoms with E-state index in [1.54, 1.807) is 0 Å². The lowest BCUT2D eigenvalue weighted by Crippen LogP contribution is -2.07. The molecule has 0 saturated heterocycles. The molecule has 15 heavy (non-hydrogen) atoms. The Bertz CT molecular complexity index is 272. The monoisotopic (exact) mass is 232 g/mol. The number of terminal acetylenes is 1. The van der Waals surface area contributed by atoms with Gasteiger partial charge in [-0.1, -0.05) is 0 Å². The van der Waals surface area contributed by atoms with Crippen LogP contribution in [0.2, 0.25) is 0 Å².